The van der Waals surface area contributed by atoms with Crippen LogP contribution in [0, 0.1) is 0 Å². The molecule has 1 aliphatic rings. The smallest absolute Gasteiger partial charge is 0.0984 e. The number of ether oxygens (including phenoxy) is 4. The fourth-order valence-corrected chi connectivity index (χ4v) is 3.07. The number of halogens is 1. The molecule has 0 spiro atoms. The Morgan fingerprint density at radius 1 is 1.05 bits per heavy atom. The summed E-state index contributed by atoms with van der Waals surface area (Å²) in [6, 6.07) is 0. The van der Waals surface area contributed by atoms with Gasteiger partial charge < -0.3 is 24.1 Å². The second-order valence-corrected chi connectivity index (χ2v) is 6.23. The third kappa shape index (κ3) is 11.1. The number of hydrogen-bond donors (Lipinski definition) is 1. The lowest BCUT2D eigenvalue weighted by molar-refractivity contribution is -0.0600. The van der Waals surface area contributed by atoms with Crippen molar-refractivity contribution in [3.05, 3.63) is 0 Å². The Bertz CT molecular complexity index is 243. The lowest BCUT2D eigenvalue weighted by Crippen LogP contribution is -2.25. The summed E-state index contributed by atoms with van der Waals surface area (Å²) in [6.45, 7) is 2.83. The maximum atomic E-state index is 8.78. The molecule has 0 aromatic heterocycles. The second-order valence-electron chi connectivity index (χ2n) is 5.61. The van der Waals surface area contributed by atoms with Crippen molar-refractivity contribution in [3.8, 4) is 0 Å². The third-order valence-corrected chi connectivity index (χ3v) is 4.13. The number of alkyl halides is 1. The Kier molecular flexibility index (Phi) is 14.1. The fraction of sp³-hybridized carbons (Fsp3) is 1.00. The van der Waals surface area contributed by atoms with Crippen LogP contribution in [0.1, 0.15) is 44.9 Å². The molecule has 0 amide bonds. The van der Waals surface area contributed by atoms with Crippen molar-refractivity contribution < 1.29 is 24.1 Å². The van der Waals surface area contributed by atoms with E-state index in [1.807, 2.05) is 0 Å². The van der Waals surface area contributed by atoms with Gasteiger partial charge in [0, 0.05) is 0 Å². The van der Waals surface area contributed by atoms with E-state index in [-0.39, 0.29) is 18.8 Å². The molecule has 1 saturated heterocycles. The molecule has 0 aromatic carbocycles. The Labute approximate surface area is 148 Å². The van der Waals surface area contributed by atoms with Gasteiger partial charge in [0.25, 0.3) is 0 Å². The highest BCUT2D eigenvalue weighted by Crippen LogP contribution is 2.14. The molecule has 0 radical (unpaired) electrons. The molecule has 5 nitrogen and oxygen atoms in total. The third-order valence-electron chi connectivity index (χ3n) is 3.78. The highest BCUT2D eigenvalue weighted by molar-refractivity contribution is 14.1. The summed E-state index contributed by atoms with van der Waals surface area (Å²) in [5.41, 5.74) is 0. The standard InChI is InChI=1S/C16H31IO5/c17-14-22-16-7-5-3-1-2-4-6-15(12-19-9-8-18)21-11-10-20-13-16/h15-16,18H,1-14H2. The maximum absolute atomic E-state index is 8.78. The van der Waals surface area contributed by atoms with E-state index in [9.17, 15) is 0 Å². The molecular weight excluding hydrogens is 399 g/mol. The average Bonchev–Trinajstić information content (AvgIpc) is 2.52. The van der Waals surface area contributed by atoms with E-state index in [0.29, 0.717) is 37.6 Å². The first-order chi connectivity index (χ1) is 10.9. The van der Waals surface area contributed by atoms with Crippen LogP contribution in [-0.2, 0) is 18.9 Å². The van der Waals surface area contributed by atoms with E-state index in [1.165, 1.54) is 32.1 Å². The summed E-state index contributed by atoms with van der Waals surface area (Å²) in [4.78, 5) is 0. The summed E-state index contributed by atoms with van der Waals surface area (Å²) in [7, 11) is 0. The van der Waals surface area contributed by atoms with Gasteiger partial charge >= 0.3 is 0 Å². The van der Waals surface area contributed by atoms with Gasteiger partial charge in [-0.25, -0.2) is 0 Å². The van der Waals surface area contributed by atoms with Crippen molar-refractivity contribution in [2.24, 2.45) is 0 Å². The van der Waals surface area contributed by atoms with Crippen LogP contribution in [0.5, 0.6) is 0 Å². The Morgan fingerprint density at radius 2 is 1.82 bits per heavy atom. The van der Waals surface area contributed by atoms with Crippen LogP contribution < -0.4 is 0 Å². The predicted octanol–water partition coefficient (Wildman–Crippen LogP) is 2.92. The highest BCUT2D eigenvalue weighted by Gasteiger charge is 2.12. The molecular formula is C16H31IO5. The van der Waals surface area contributed by atoms with E-state index in [4.69, 9.17) is 24.1 Å². The molecule has 0 aromatic rings. The molecule has 0 saturated carbocycles. The molecule has 2 unspecified atom stereocenters. The van der Waals surface area contributed by atoms with Crippen molar-refractivity contribution in [3.63, 3.8) is 0 Å². The normalized spacial score (nSPS) is 26.5. The first kappa shape index (κ1) is 20.6. The monoisotopic (exact) mass is 430 g/mol. The predicted molar refractivity (Wildman–Crippen MR) is 94.5 cm³/mol. The molecule has 2 atom stereocenters. The van der Waals surface area contributed by atoms with Gasteiger partial charge in [0.2, 0.25) is 0 Å². The Morgan fingerprint density at radius 3 is 2.59 bits per heavy atom. The summed E-state index contributed by atoms with van der Waals surface area (Å²) in [6.07, 6.45) is 8.58. The van der Waals surface area contributed by atoms with Crippen molar-refractivity contribution in [1.29, 1.82) is 0 Å². The number of aliphatic hydroxyl groups is 1. The van der Waals surface area contributed by atoms with Crippen LogP contribution in [0.25, 0.3) is 0 Å². The first-order valence-corrected chi connectivity index (χ1v) is 9.95. The minimum Gasteiger partial charge on any atom is -0.394 e. The van der Waals surface area contributed by atoms with Gasteiger partial charge in [-0.3, -0.25) is 0 Å². The van der Waals surface area contributed by atoms with Crippen molar-refractivity contribution in [2.75, 3.05) is 44.3 Å². The van der Waals surface area contributed by atoms with Crippen LogP contribution in [0.2, 0.25) is 0 Å². The highest BCUT2D eigenvalue weighted by atomic mass is 127. The molecule has 6 heteroatoms. The second kappa shape index (κ2) is 15.1. The number of rotatable bonds is 6. The lowest BCUT2D eigenvalue weighted by atomic mass is 10.1. The van der Waals surface area contributed by atoms with Gasteiger partial charge in [-0.05, 0) is 12.8 Å². The molecule has 1 fully saturated rings. The maximum Gasteiger partial charge on any atom is 0.0984 e. The van der Waals surface area contributed by atoms with Crippen molar-refractivity contribution >= 4 is 22.6 Å². The van der Waals surface area contributed by atoms with E-state index in [0.717, 1.165) is 12.8 Å². The largest absolute Gasteiger partial charge is 0.394 e. The number of hydrogen-bond acceptors (Lipinski definition) is 5. The lowest BCUT2D eigenvalue weighted by Gasteiger charge is -2.20. The summed E-state index contributed by atoms with van der Waals surface area (Å²) in [5.74, 6) is 0. The molecule has 0 bridgehead atoms. The van der Waals surface area contributed by atoms with Crippen LogP contribution in [-0.4, -0.2) is 61.6 Å². The minimum atomic E-state index is 0.0635. The van der Waals surface area contributed by atoms with Gasteiger partial charge in [0.05, 0.1) is 56.5 Å². The van der Waals surface area contributed by atoms with E-state index in [2.05, 4.69) is 22.6 Å². The van der Waals surface area contributed by atoms with E-state index >= 15 is 0 Å². The van der Waals surface area contributed by atoms with Gasteiger partial charge in [-0.1, -0.05) is 54.7 Å². The van der Waals surface area contributed by atoms with Crippen LogP contribution in [0.15, 0.2) is 0 Å². The molecule has 1 rings (SSSR count). The van der Waals surface area contributed by atoms with E-state index in [1.54, 1.807) is 0 Å². The SMILES string of the molecule is OCCOCC1CCCCCCCC(OCI)COCCO1. The van der Waals surface area contributed by atoms with Crippen LogP contribution in [0.4, 0.5) is 0 Å². The quantitative estimate of drug-likeness (QED) is 0.399. The molecule has 132 valence electrons. The average molecular weight is 430 g/mol. The molecule has 22 heavy (non-hydrogen) atoms. The zero-order valence-corrected chi connectivity index (χ0v) is 15.7. The first-order valence-electron chi connectivity index (χ1n) is 8.42. The number of aliphatic hydroxyl groups excluding tert-OH is 1. The molecule has 1 aliphatic heterocycles. The Balaban J connectivity index is 2.30. The fourth-order valence-electron chi connectivity index (χ4n) is 2.56. The summed E-state index contributed by atoms with van der Waals surface area (Å²) < 4.78 is 23.4. The summed E-state index contributed by atoms with van der Waals surface area (Å²) >= 11 is 2.24. The van der Waals surface area contributed by atoms with E-state index < -0.39 is 0 Å². The Hall–Kier alpha value is 0.530. The van der Waals surface area contributed by atoms with Crippen molar-refractivity contribution in [2.45, 2.75) is 57.2 Å². The van der Waals surface area contributed by atoms with Crippen molar-refractivity contribution in [1.82, 2.24) is 0 Å². The van der Waals surface area contributed by atoms with Gasteiger partial charge in [0.1, 0.15) is 0 Å². The van der Waals surface area contributed by atoms with Crippen LogP contribution in [0.3, 0.4) is 0 Å². The van der Waals surface area contributed by atoms with Gasteiger partial charge in [-0.2, -0.15) is 0 Å². The topological polar surface area (TPSA) is 57.2 Å². The van der Waals surface area contributed by atoms with Crippen LogP contribution >= 0.6 is 22.6 Å². The van der Waals surface area contributed by atoms with Gasteiger partial charge in [0.15, 0.2) is 0 Å². The van der Waals surface area contributed by atoms with Gasteiger partial charge in [-0.15, -0.1) is 0 Å². The molecule has 1 N–H and O–H groups in total. The molecule has 1 heterocycles. The zero-order chi connectivity index (χ0) is 15.9. The molecule has 0 aliphatic carbocycles. The minimum absolute atomic E-state index is 0.0635. The zero-order valence-electron chi connectivity index (χ0n) is 13.5. The summed E-state index contributed by atoms with van der Waals surface area (Å²) in [5, 5.41) is 8.78.